The molecule has 0 unspecified atom stereocenters. The zero-order valence-corrected chi connectivity index (χ0v) is 11.1. The predicted molar refractivity (Wildman–Crippen MR) is 84.6 cm³/mol. The predicted octanol–water partition coefficient (Wildman–Crippen LogP) is 5.50. The van der Waals surface area contributed by atoms with Gasteiger partial charge < -0.3 is 0 Å². The smallest absolute Gasteiger partial charge is 0.0175 e. The van der Waals surface area contributed by atoms with Crippen LogP contribution in [0.4, 0.5) is 0 Å². The maximum atomic E-state index is 3.78. The second kappa shape index (κ2) is 5.27. The molecule has 3 rings (SSSR count). The van der Waals surface area contributed by atoms with Crippen LogP contribution in [0.5, 0.6) is 0 Å². The van der Waals surface area contributed by atoms with E-state index in [9.17, 15) is 0 Å². The molecule has 0 fully saturated rings. The monoisotopic (exact) mass is 246 g/mol. The molecule has 0 saturated carbocycles. The number of hydrogen-bond acceptors (Lipinski definition) is 0. The first-order chi connectivity index (χ1) is 9.36. The average Bonchev–Trinajstić information content (AvgIpc) is 2.45. The summed E-state index contributed by atoms with van der Waals surface area (Å²) in [5.74, 6) is 0. The lowest BCUT2D eigenvalue weighted by atomic mass is 10.00. The fraction of sp³-hybridized carbons (Fsp3) is 0.158. The van der Waals surface area contributed by atoms with E-state index in [1.54, 1.807) is 0 Å². The second-order valence-electron chi connectivity index (χ2n) is 5.06. The molecule has 0 atom stereocenters. The lowest BCUT2D eigenvalue weighted by molar-refractivity contribution is 0.845. The van der Waals surface area contributed by atoms with Crippen LogP contribution < -0.4 is 0 Å². The Hall–Kier alpha value is -2.08. The third kappa shape index (κ3) is 2.53. The molecule has 0 saturated heterocycles. The van der Waals surface area contributed by atoms with E-state index in [0.717, 1.165) is 12.8 Å². The Kier molecular flexibility index (Phi) is 3.33. The van der Waals surface area contributed by atoms with Crippen molar-refractivity contribution in [2.75, 3.05) is 0 Å². The van der Waals surface area contributed by atoms with Gasteiger partial charge in [0, 0.05) is 0 Å². The fourth-order valence-corrected chi connectivity index (χ4v) is 2.60. The highest BCUT2D eigenvalue weighted by atomic mass is 14.0. The van der Waals surface area contributed by atoms with Crippen molar-refractivity contribution in [1.29, 1.82) is 0 Å². The number of hydrogen-bond donors (Lipinski definition) is 0. The number of benzene rings is 3. The third-order valence-electron chi connectivity index (χ3n) is 3.64. The Bertz CT molecular complexity index is 722. The van der Waals surface area contributed by atoms with Crippen molar-refractivity contribution < 1.29 is 0 Å². The fourth-order valence-electron chi connectivity index (χ4n) is 2.60. The highest BCUT2D eigenvalue weighted by molar-refractivity contribution is 5.98. The molecule has 0 N–H and O–H groups in total. The highest BCUT2D eigenvalue weighted by Crippen LogP contribution is 2.24. The molecule has 0 aliphatic rings. The third-order valence-corrected chi connectivity index (χ3v) is 3.64. The first-order valence-corrected chi connectivity index (χ1v) is 6.89. The molecule has 19 heavy (non-hydrogen) atoms. The molecule has 0 amide bonds. The number of allylic oxidation sites excluding steroid dienone is 1. The van der Waals surface area contributed by atoms with Gasteiger partial charge in [-0.15, -0.1) is 6.58 Å². The normalized spacial score (nSPS) is 10.9. The molecule has 0 heteroatoms. The molecule has 0 aliphatic heterocycles. The number of unbranched alkanes of at least 4 members (excludes halogenated alkanes) is 1. The van der Waals surface area contributed by atoms with Crippen LogP contribution in [0.3, 0.4) is 0 Å². The largest absolute Gasteiger partial charge is 0.103 e. The lowest BCUT2D eigenvalue weighted by Gasteiger charge is -2.05. The van der Waals surface area contributed by atoms with Gasteiger partial charge in [-0.05, 0) is 58.5 Å². The zero-order valence-electron chi connectivity index (χ0n) is 11.1. The molecule has 0 heterocycles. The maximum absolute atomic E-state index is 3.78. The molecular weight excluding hydrogens is 228 g/mol. The van der Waals surface area contributed by atoms with Crippen LogP contribution >= 0.6 is 0 Å². The minimum absolute atomic E-state index is 1.09. The van der Waals surface area contributed by atoms with Crippen molar-refractivity contribution in [2.45, 2.75) is 19.3 Å². The van der Waals surface area contributed by atoms with Crippen molar-refractivity contribution in [3.8, 4) is 0 Å². The Morgan fingerprint density at radius 3 is 2.21 bits per heavy atom. The topological polar surface area (TPSA) is 0 Å². The molecule has 3 aromatic rings. The molecule has 0 spiro atoms. The van der Waals surface area contributed by atoms with E-state index < -0.39 is 0 Å². The van der Waals surface area contributed by atoms with Crippen LogP contribution in [0, 0.1) is 0 Å². The zero-order chi connectivity index (χ0) is 13.1. The Balaban J connectivity index is 2.01. The van der Waals surface area contributed by atoms with Gasteiger partial charge in [-0.2, -0.15) is 0 Å². The van der Waals surface area contributed by atoms with E-state index >= 15 is 0 Å². The van der Waals surface area contributed by atoms with Gasteiger partial charge in [0.15, 0.2) is 0 Å². The Labute approximate surface area is 114 Å². The average molecular weight is 246 g/mol. The summed E-state index contributed by atoms with van der Waals surface area (Å²) in [4.78, 5) is 0. The van der Waals surface area contributed by atoms with Crippen LogP contribution in [0.2, 0.25) is 0 Å². The summed E-state index contributed by atoms with van der Waals surface area (Å²) in [5, 5.41) is 5.30. The molecule has 94 valence electrons. The number of aryl methyl sites for hydroxylation is 1. The van der Waals surface area contributed by atoms with Gasteiger partial charge in [-0.1, -0.05) is 48.5 Å². The molecule has 0 bridgehead atoms. The molecule has 0 aromatic heterocycles. The van der Waals surface area contributed by atoms with E-state index in [1.807, 2.05) is 6.08 Å². The summed E-state index contributed by atoms with van der Waals surface area (Å²) in [5.41, 5.74) is 1.42. The van der Waals surface area contributed by atoms with Gasteiger partial charge in [-0.25, -0.2) is 0 Å². The van der Waals surface area contributed by atoms with Gasteiger partial charge in [0.1, 0.15) is 0 Å². The minimum Gasteiger partial charge on any atom is -0.103 e. The van der Waals surface area contributed by atoms with Crippen LogP contribution in [0.25, 0.3) is 21.5 Å². The van der Waals surface area contributed by atoms with E-state index in [2.05, 4.69) is 61.2 Å². The number of fused-ring (bicyclic) bond motifs is 2. The van der Waals surface area contributed by atoms with Crippen molar-refractivity contribution in [2.24, 2.45) is 0 Å². The van der Waals surface area contributed by atoms with Gasteiger partial charge in [-0.3, -0.25) is 0 Å². The summed E-state index contributed by atoms with van der Waals surface area (Å²) in [6.45, 7) is 3.78. The van der Waals surface area contributed by atoms with Gasteiger partial charge in [0.2, 0.25) is 0 Å². The standard InChI is InChI=1S/C19H18/c1-2-3-4-7-15-10-11-18-13-16-8-5-6-9-17(16)14-19(18)12-15/h2,5-6,8-14H,1,3-4,7H2. The SMILES string of the molecule is C=CCCCc1ccc2cc3ccccc3cc2c1. The van der Waals surface area contributed by atoms with E-state index in [4.69, 9.17) is 0 Å². The first kappa shape index (κ1) is 12.0. The summed E-state index contributed by atoms with van der Waals surface area (Å²) >= 11 is 0. The summed E-state index contributed by atoms with van der Waals surface area (Å²) in [6, 6.07) is 19.9. The maximum Gasteiger partial charge on any atom is -0.0175 e. The van der Waals surface area contributed by atoms with Crippen LogP contribution in [-0.2, 0) is 6.42 Å². The summed E-state index contributed by atoms with van der Waals surface area (Å²) in [7, 11) is 0. The molecule has 3 aromatic carbocycles. The number of rotatable bonds is 4. The van der Waals surface area contributed by atoms with Crippen molar-refractivity contribution in [3.63, 3.8) is 0 Å². The molecule has 0 aliphatic carbocycles. The molecule has 0 nitrogen and oxygen atoms in total. The lowest BCUT2D eigenvalue weighted by Crippen LogP contribution is -1.85. The van der Waals surface area contributed by atoms with Gasteiger partial charge in [0.25, 0.3) is 0 Å². The van der Waals surface area contributed by atoms with E-state index in [1.165, 1.54) is 33.5 Å². The Morgan fingerprint density at radius 2 is 1.47 bits per heavy atom. The van der Waals surface area contributed by atoms with E-state index in [-0.39, 0.29) is 0 Å². The van der Waals surface area contributed by atoms with Gasteiger partial charge >= 0.3 is 0 Å². The molecular formula is C19H18. The quantitative estimate of drug-likeness (QED) is 0.324. The highest BCUT2D eigenvalue weighted by Gasteiger charge is 1.99. The van der Waals surface area contributed by atoms with E-state index in [0.29, 0.717) is 0 Å². The Morgan fingerprint density at radius 1 is 0.789 bits per heavy atom. The van der Waals surface area contributed by atoms with Crippen LogP contribution in [0.1, 0.15) is 18.4 Å². The summed E-state index contributed by atoms with van der Waals surface area (Å²) < 4.78 is 0. The summed E-state index contributed by atoms with van der Waals surface area (Å²) in [6.07, 6.45) is 5.40. The van der Waals surface area contributed by atoms with Crippen LogP contribution in [0.15, 0.2) is 67.3 Å². The van der Waals surface area contributed by atoms with Crippen molar-refractivity contribution >= 4 is 21.5 Å². The molecule has 0 radical (unpaired) electrons. The minimum atomic E-state index is 1.09. The first-order valence-electron chi connectivity index (χ1n) is 6.89. The van der Waals surface area contributed by atoms with Crippen molar-refractivity contribution in [1.82, 2.24) is 0 Å². The van der Waals surface area contributed by atoms with Gasteiger partial charge in [0.05, 0.1) is 0 Å². The van der Waals surface area contributed by atoms with Crippen molar-refractivity contribution in [3.05, 3.63) is 72.8 Å². The second-order valence-corrected chi connectivity index (χ2v) is 5.06. The van der Waals surface area contributed by atoms with Crippen LogP contribution in [-0.4, -0.2) is 0 Å².